The Kier molecular flexibility index (Phi) is 3.67. The molecule has 1 saturated carbocycles. The average molecular weight is 317 g/mol. The van der Waals surface area contributed by atoms with E-state index in [-0.39, 0.29) is 5.82 Å². The van der Waals surface area contributed by atoms with Crippen LogP contribution in [0.25, 0.3) is 0 Å². The maximum absolute atomic E-state index is 14.5. The van der Waals surface area contributed by atoms with Crippen molar-refractivity contribution in [2.45, 2.75) is 57.5 Å². The van der Waals surface area contributed by atoms with Crippen LogP contribution in [-0.4, -0.2) is 30.6 Å². The number of ether oxygens (including phenoxy) is 1. The van der Waals surface area contributed by atoms with E-state index in [1.165, 1.54) is 51.7 Å². The van der Waals surface area contributed by atoms with Crippen molar-refractivity contribution < 1.29 is 13.9 Å². The molecule has 0 radical (unpaired) electrons. The molecule has 4 heteroatoms. The van der Waals surface area contributed by atoms with E-state index >= 15 is 0 Å². The third kappa shape index (κ3) is 2.57. The number of benzene rings is 1. The number of hydrogen-bond acceptors (Lipinski definition) is 3. The van der Waals surface area contributed by atoms with Crippen LogP contribution >= 0.6 is 0 Å². The quantitative estimate of drug-likeness (QED) is 0.740. The molecule has 1 aliphatic carbocycles. The average Bonchev–Trinajstić information content (AvgIpc) is 2.89. The standard InChI is InChI=1S/C19H24FNO2/c1-23-18(22)14-7-13-8-15-10-19(5-3-2-4-6-19)12-21(15)11-16(13)17(20)9-14/h7,9,15H,2-6,8,10-12H2,1H3. The maximum atomic E-state index is 14.5. The van der Waals surface area contributed by atoms with Crippen LogP contribution < -0.4 is 0 Å². The molecule has 1 aromatic rings. The largest absolute Gasteiger partial charge is 0.465 e. The predicted molar refractivity (Wildman–Crippen MR) is 85.8 cm³/mol. The lowest BCUT2D eigenvalue weighted by Gasteiger charge is -2.33. The molecule has 0 aromatic heterocycles. The first-order valence-corrected chi connectivity index (χ1v) is 8.74. The molecule has 0 bridgehead atoms. The lowest BCUT2D eigenvalue weighted by atomic mass is 9.72. The van der Waals surface area contributed by atoms with E-state index in [9.17, 15) is 9.18 Å². The minimum atomic E-state index is -0.454. The Balaban J connectivity index is 1.61. The zero-order valence-corrected chi connectivity index (χ0v) is 13.7. The molecule has 23 heavy (non-hydrogen) atoms. The minimum absolute atomic E-state index is 0.258. The van der Waals surface area contributed by atoms with E-state index in [0.29, 0.717) is 23.6 Å². The van der Waals surface area contributed by atoms with Gasteiger partial charge in [0.2, 0.25) is 0 Å². The van der Waals surface area contributed by atoms with Crippen LogP contribution in [-0.2, 0) is 17.7 Å². The van der Waals surface area contributed by atoms with Crippen molar-refractivity contribution in [2.24, 2.45) is 5.41 Å². The van der Waals surface area contributed by atoms with Gasteiger partial charge in [0, 0.05) is 24.7 Å². The third-order valence-electron chi connectivity index (χ3n) is 6.16. The molecular weight excluding hydrogens is 293 g/mol. The molecule has 1 unspecified atom stereocenters. The van der Waals surface area contributed by atoms with Gasteiger partial charge in [-0.05, 0) is 48.8 Å². The van der Waals surface area contributed by atoms with Crippen molar-refractivity contribution in [2.75, 3.05) is 13.7 Å². The number of carbonyl (C=O) groups is 1. The summed E-state index contributed by atoms with van der Waals surface area (Å²) in [6.45, 7) is 1.81. The molecule has 0 amide bonds. The van der Waals surface area contributed by atoms with Crippen LogP contribution in [0.15, 0.2) is 12.1 Å². The van der Waals surface area contributed by atoms with Gasteiger partial charge in [-0.1, -0.05) is 19.3 Å². The monoisotopic (exact) mass is 317 g/mol. The molecule has 4 rings (SSSR count). The number of esters is 1. The van der Waals surface area contributed by atoms with Gasteiger partial charge in [-0.3, -0.25) is 4.90 Å². The van der Waals surface area contributed by atoms with Gasteiger partial charge in [0.1, 0.15) is 5.82 Å². The number of rotatable bonds is 1. The molecule has 2 fully saturated rings. The van der Waals surface area contributed by atoms with E-state index in [4.69, 9.17) is 4.74 Å². The smallest absolute Gasteiger partial charge is 0.337 e. The molecule has 0 N–H and O–H groups in total. The van der Waals surface area contributed by atoms with Crippen LogP contribution in [0.4, 0.5) is 4.39 Å². The van der Waals surface area contributed by atoms with Gasteiger partial charge in [-0.2, -0.15) is 0 Å². The highest BCUT2D eigenvalue weighted by atomic mass is 19.1. The second-order valence-electron chi connectivity index (χ2n) is 7.62. The Morgan fingerprint density at radius 1 is 1.30 bits per heavy atom. The Morgan fingerprint density at radius 3 is 2.83 bits per heavy atom. The first-order valence-electron chi connectivity index (χ1n) is 8.74. The van der Waals surface area contributed by atoms with E-state index < -0.39 is 5.97 Å². The van der Waals surface area contributed by atoms with E-state index in [0.717, 1.165) is 24.1 Å². The fourth-order valence-corrected chi connectivity index (χ4v) is 5.05. The molecule has 124 valence electrons. The first kappa shape index (κ1) is 15.1. The number of nitrogens with zero attached hydrogens (tertiary/aromatic N) is 1. The van der Waals surface area contributed by atoms with Gasteiger partial charge in [0.25, 0.3) is 0 Å². The van der Waals surface area contributed by atoms with Crippen molar-refractivity contribution in [1.82, 2.24) is 4.90 Å². The van der Waals surface area contributed by atoms with Crippen molar-refractivity contribution in [3.63, 3.8) is 0 Å². The van der Waals surface area contributed by atoms with Gasteiger partial charge in [-0.25, -0.2) is 9.18 Å². The lowest BCUT2D eigenvalue weighted by molar-refractivity contribution is 0.0599. The molecule has 2 heterocycles. The number of carbonyl (C=O) groups excluding carboxylic acids is 1. The van der Waals surface area contributed by atoms with Crippen molar-refractivity contribution in [1.29, 1.82) is 0 Å². The summed E-state index contributed by atoms with van der Waals surface area (Å²) in [6, 6.07) is 3.68. The lowest BCUT2D eigenvalue weighted by Crippen LogP contribution is -2.36. The molecule has 1 atom stereocenters. The third-order valence-corrected chi connectivity index (χ3v) is 6.16. The van der Waals surface area contributed by atoms with Crippen molar-refractivity contribution >= 4 is 5.97 Å². The number of methoxy groups -OCH3 is 1. The minimum Gasteiger partial charge on any atom is -0.465 e. The summed E-state index contributed by atoms with van der Waals surface area (Å²) in [7, 11) is 1.34. The maximum Gasteiger partial charge on any atom is 0.337 e. The Bertz CT molecular complexity index is 637. The van der Waals surface area contributed by atoms with Crippen molar-refractivity contribution in [3.8, 4) is 0 Å². The summed E-state index contributed by atoms with van der Waals surface area (Å²) in [5.41, 5.74) is 2.58. The number of halogens is 1. The first-order chi connectivity index (χ1) is 11.1. The highest BCUT2D eigenvalue weighted by molar-refractivity contribution is 5.89. The fourth-order valence-electron chi connectivity index (χ4n) is 5.05. The van der Waals surface area contributed by atoms with E-state index in [1.54, 1.807) is 0 Å². The van der Waals surface area contributed by atoms with Gasteiger partial charge in [-0.15, -0.1) is 0 Å². The predicted octanol–water partition coefficient (Wildman–Crippen LogP) is 3.69. The van der Waals surface area contributed by atoms with Crippen LogP contribution in [0.2, 0.25) is 0 Å². The summed E-state index contributed by atoms with van der Waals surface area (Å²) in [5, 5.41) is 0. The molecule has 2 aliphatic heterocycles. The molecule has 1 aromatic carbocycles. The molecule has 3 nitrogen and oxygen atoms in total. The number of hydrogen-bond donors (Lipinski definition) is 0. The Labute approximate surface area is 136 Å². The van der Waals surface area contributed by atoms with Gasteiger partial charge in [0.15, 0.2) is 0 Å². The summed E-state index contributed by atoms with van der Waals surface area (Å²) >= 11 is 0. The SMILES string of the molecule is COC(=O)c1cc(F)c2c(c1)CC1CC3(CCCCC3)CN1C2. The molecular formula is C19H24FNO2. The van der Waals surface area contributed by atoms with Gasteiger partial charge >= 0.3 is 5.97 Å². The Hall–Kier alpha value is -1.42. The normalized spacial score (nSPS) is 25.9. The zero-order valence-electron chi connectivity index (χ0n) is 13.7. The highest BCUT2D eigenvalue weighted by Gasteiger charge is 2.46. The second-order valence-corrected chi connectivity index (χ2v) is 7.62. The Morgan fingerprint density at radius 2 is 2.09 bits per heavy atom. The van der Waals surface area contributed by atoms with Crippen LogP contribution in [0.1, 0.15) is 60.0 Å². The number of fused-ring (bicyclic) bond motifs is 2. The molecule has 3 aliphatic rings. The van der Waals surface area contributed by atoms with Gasteiger partial charge in [0.05, 0.1) is 12.7 Å². The fraction of sp³-hybridized carbons (Fsp3) is 0.632. The highest BCUT2D eigenvalue weighted by Crippen LogP contribution is 2.48. The molecule has 1 saturated heterocycles. The second kappa shape index (κ2) is 5.59. The molecule has 1 spiro atoms. The van der Waals surface area contributed by atoms with E-state index in [1.807, 2.05) is 6.07 Å². The van der Waals surface area contributed by atoms with Gasteiger partial charge < -0.3 is 4.74 Å². The van der Waals surface area contributed by atoms with Crippen LogP contribution in [0, 0.1) is 11.2 Å². The zero-order chi connectivity index (χ0) is 16.0. The van der Waals surface area contributed by atoms with Crippen LogP contribution in [0.5, 0.6) is 0 Å². The van der Waals surface area contributed by atoms with Crippen LogP contribution in [0.3, 0.4) is 0 Å². The van der Waals surface area contributed by atoms with Crippen molar-refractivity contribution in [3.05, 3.63) is 34.6 Å². The topological polar surface area (TPSA) is 29.5 Å². The summed E-state index contributed by atoms with van der Waals surface area (Å²) in [4.78, 5) is 14.2. The summed E-state index contributed by atoms with van der Waals surface area (Å²) in [5.74, 6) is -0.713. The summed E-state index contributed by atoms with van der Waals surface area (Å²) in [6.07, 6.45) is 8.79. The van der Waals surface area contributed by atoms with E-state index in [2.05, 4.69) is 4.90 Å². The summed E-state index contributed by atoms with van der Waals surface area (Å²) < 4.78 is 19.2.